The smallest absolute Gasteiger partial charge is 0.244 e. The van der Waals surface area contributed by atoms with Crippen molar-refractivity contribution in [1.29, 1.82) is 0 Å². The van der Waals surface area contributed by atoms with Crippen molar-refractivity contribution >= 4 is 37.6 Å². The molecule has 0 spiro atoms. The van der Waals surface area contributed by atoms with Gasteiger partial charge in [0.1, 0.15) is 10.7 Å². The Kier molecular flexibility index (Phi) is 4.59. The van der Waals surface area contributed by atoms with Crippen LogP contribution in [-0.2, 0) is 16.6 Å². The van der Waals surface area contributed by atoms with Gasteiger partial charge in [-0.2, -0.15) is 4.31 Å². The third-order valence-electron chi connectivity index (χ3n) is 2.94. The molecule has 0 aliphatic heterocycles. The van der Waals surface area contributed by atoms with Gasteiger partial charge < -0.3 is 4.42 Å². The lowest BCUT2D eigenvalue weighted by atomic mass is 10.3. The third-order valence-corrected chi connectivity index (χ3v) is 5.72. The zero-order chi connectivity index (χ0) is 14.9. The average molecular weight is 379 g/mol. The molecule has 0 aliphatic rings. The van der Waals surface area contributed by atoms with Crippen molar-refractivity contribution in [2.75, 3.05) is 7.05 Å². The summed E-state index contributed by atoms with van der Waals surface area (Å²) in [7, 11) is -2.13. The number of hydrogen-bond donors (Lipinski definition) is 0. The van der Waals surface area contributed by atoms with E-state index in [4.69, 9.17) is 16.0 Å². The van der Waals surface area contributed by atoms with Crippen LogP contribution in [0.2, 0.25) is 5.02 Å². The fraction of sp³-hybridized carbons (Fsp3) is 0.231. The molecule has 0 saturated carbocycles. The molecule has 7 heteroatoms. The van der Waals surface area contributed by atoms with Crippen molar-refractivity contribution in [1.82, 2.24) is 4.31 Å². The summed E-state index contributed by atoms with van der Waals surface area (Å²) < 4.78 is 32.1. The summed E-state index contributed by atoms with van der Waals surface area (Å²) in [5.41, 5.74) is 0.823. The van der Waals surface area contributed by atoms with E-state index < -0.39 is 10.0 Å². The summed E-state index contributed by atoms with van der Waals surface area (Å²) >= 11 is 9.27. The average Bonchev–Trinajstić information content (AvgIpc) is 2.74. The quantitative estimate of drug-likeness (QED) is 0.812. The molecule has 20 heavy (non-hydrogen) atoms. The van der Waals surface area contributed by atoms with Gasteiger partial charge in [-0.25, -0.2) is 8.42 Å². The zero-order valence-electron chi connectivity index (χ0n) is 10.9. The van der Waals surface area contributed by atoms with Gasteiger partial charge in [-0.05, 0) is 31.2 Å². The first-order valence-electron chi connectivity index (χ1n) is 5.76. The second-order valence-electron chi connectivity index (χ2n) is 4.34. The van der Waals surface area contributed by atoms with E-state index in [1.165, 1.54) is 23.7 Å². The van der Waals surface area contributed by atoms with Crippen LogP contribution < -0.4 is 0 Å². The number of hydrogen-bond acceptors (Lipinski definition) is 3. The van der Waals surface area contributed by atoms with Crippen LogP contribution in [0.25, 0.3) is 0 Å². The minimum absolute atomic E-state index is 0.0889. The van der Waals surface area contributed by atoms with Crippen molar-refractivity contribution in [2.45, 2.75) is 18.4 Å². The van der Waals surface area contributed by atoms with Crippen LogP contribution in [0.5, 0.6) is 0 Å². The fourth-order valence-electron chi connectivity index (χ4n) is 1.75. The molecule has 0 N–H and O–H groups in total. The van der Waals surface area contributed by atoms with Gasteiger partial charge >= 0.3 is 0 Å². The number of aryl methyl sites for hydroxylation is 1. The minimum atomic E-state index is -3.64. The van der Waals surface area contributed by atoms with Crippen LogP contribution in [0.15, 0.2) is 44.3 Å². The number of furan rings is 1. The van der Waals surface area contributed by atoms with Gasteiger partial charge in [0.05, 0.1) is 11.3 Å². The number of benzene rings is 1. The highest BCUT2D eigenvalue weighted by molar-refractivity contribution is 9.10. The molecule has 0 fully saturated rings. The Morgan fingerprint density at radius 3 is 2.60 bits per heavy atom. The number of rotatable bonds is 4. The molecule has 1 aromatic heterocycles. The van der Waals surface area contributed by atoms with Gasteiger partial charge in [0.2, 0.25) is 10.0 Å². The molecule has 4 nitrogen and oxygen atoms in total. The van der Waals surface area contributed by atoms with Gasteiger partial charge in [-0.1, -0.05) is 27.5 Å². The predicted octanol–water partition coefficient (Wildman–Crippen LogP) is 3.82. The molecule has 1 aromatic carbocycles. The van der Waals surface area contributed by atoms with Crippen LogP contribution in [-0.4, -0.2) is 19.8 Å². The van der Waals surface area contributed by atoms with Crippen LogP contribution >= 0.6 is 27.5 Å². The Labute approximate surface area is 131 Å². The minimum Gasteiger partial charge on any atom is -0.469 e. The van der Waals surface area contributed by atoms with Crippen LogP contribution in [0.4, 0.5) is 0 Å². The first kappa shape index (κ1) is 15.6. The van der Waals surface area contributed by atoms with Crippen molar-refractivity contribution < 1.29 is 12.8 Å². The lowest BCUT2D eigenvalue weighted by molar-refractivity contribution is 0.459. The molecule has 1 heterocycles. The van der Waals surface area contributed by atoms with Crippen LogP contribution in [0.3, 0.4) is 0 Å². The Hall–Kier alpha value is -0.820. The maximum atomic E-state index is 12.5. The van der Waals surface area contributed by atoms with Crippen molar-refractivity contribution in [3.05, 3.63) is 51.3 Å². The van der Waals surface area contributed by atoms with Gasteiger partial charge in [0.15, 0.2) is 0 Å². The molecule has 0 amide bonds. The molecule has 2 rings (SSSR count). The van der Waals surface area contributed by atoms with Gasteiger partial charge in [-0.3, -0.25) is 0 Å². The van der Waals surface area contributed by atoms with Crippen molar-refractivity contribution in [3.8, 4) is 0 Å². The maximum Gasteiger partial charge on any atom is 0.244 e. The summed E-state index contributed by atoms with van der Waals surface area (Å²) in [6.07, 6.45) is 1.54. The van der Waals surface area contributed by atoms with E-state index in [2.05, 4.69) is 15.9 Å². The summed E-state index contributed by atoms with van der Waals surface area (Å²) in [5.74, 6) is 0.703. The number of sulfonamides is 1. The topological polar surface area (TPSA) is 50.5 Å². The van der Waals surface area contributed by atoms with Gasteiger partial charge in [-0.15, -0.1) is 0 Å². The van der Waals surface area contributed by atoms with Gasteiger partial charge in [0.25, 0.3) is 0 Å². The first-order chi connectivity index (χ1) is 9.32. The Morgan fingerprint density at radius 1 is 1.35 bits per heavy atom. The maximum absolute atomic E-state index is 12.5. The van der Waals surface area contributed by atoms with E-state index in [9.17, 15) is 8.42 Å². The van der Waals surface area contributed by atoms with E-state index in [-0.39, 0.29) is 16.5 Å². The molecule has 0 aliphatic carbocycles. The fourth-order valence-corrected chi connectivity index (χ4v) is 3.91. The van der Waals surface area contributed by atoms with Crippen LogP contribution in [0, 0.1) is 6.92 Å². The van der Waals surface area contributed by atoms with Crippen molar-refractivity contribution in [3.63, 3.8) is 0 Å². The Bertz CT molecular complexity index is 727. The number of nitrogens with zero attached hydrogens (tertiary/aromatic N) is 1. The van der Waals surface area contributed by atoms with E-state index in [0.717, 1.165) is 10.0 Å². The molecule has 0 atom stereocenters. The van der Waals surface area contributed by atoms with E-state index in [1.54, 1.807) is 25.1 Å². The van der Waals surface area contributed by atoms with Gasteiger partial charge in [0, 0.05) is 23.6 Å². The van der Waals surface area contributed by atoms with Crippen LogP contribution in [0.1, 0.15) is 11.3 Å². The summed E-state index contributed by atoms with van der Waals surface area (Å²) in [4.78, 5) is 0.0889. The van der Waals surface area contributed by atoms with E-state index in [0.29, 0.717) is 5.76 Å². The highest BCUT2D eigenvalue weighted by Crippen LogP contribution is 2.28. The molecule has 0 bridgehead atoms. The molecule has 0 radical (unpaired) electrons. The summed E-state index contributed by atoms with van der Waals surface area (Å²) in [5, 5.41) is 0.190. The molecular weight excluding hydrogens is 366 g/mol. The summed E-state index contributed by atoms with van der Waals surface area (Å²) in [6, 6.07) is 6.45. The monoisotopic (exact) mass is 377 g/mol. The lowest BCUT2D eigenvalue weighted by Gasteiger charge is -2.17. The van der Waals surface area contributed by atoms with E-state index >= 15 is 0 Å². The predicted molar refractivity (Wildman–Crippen MR) is 81.2 cm³/mol. The lowest BCUT2D eigenvalue weighted by Crippen LogP contribution is -2.26. The molecule has 2 aromatic rings. The molecule has 0 unspecified atom stereocenters. The highest BCUT2D eigenvalue weighted by atomic mass is 79.9. The molecular formula is C13H13BrClNO3S. The molecule has 0 saturated heterocycles. The SMILES string of the molecule is Cc1occc1CN(C)S(=O)(=O)c1ccc(Br)cc1Cl. The highest BCUT2D eigenvalue weighted by Gasteiger charge is 2.24. The second-order valence-corrected chi connectivity index (χ2v) is 7.67. The van der Waals surface area contributed by atoms with E-state index in [1.807, 2.05) is 0 Å². The van der Waals surface area contributed by atoms with Crippen molar-refractivity contribution in [2.24, 2.45) is 0 Å². The summed E-state index contributed by atoms with van der Waals surface area (Å²) in [6.45, 7) is 2.03. The largest absolute Gasteiger partial charge is 0.469 e. The molecule has 108 valence electrons. The zero-order valence-corrected chi connectivity index (χ0v) is 14.1. The normalized spacial score (nSPS) is 12.1. The Balaban J connectivity index is 2.32. The number of halogens is 2. The standard InChI is InChI=1S/C13H13BrClNO3S/c1-9-10(5-6-19-9)8-16(2)20(17,18)13-4-3-11(14)7-12(13)15/h3-7H,8H2,1-2H3. The second kappa shape index (κ2) is 5.89. The third kappa shape index (κ3) is 3.09. The first-order valence-corrected chi connectivity index (χ1v) is 8.38. The Morgan fingerprint density at radius 2 is 2.05 bits per heavy atom.